The number of hydrogen-bond donors (Lipinski definition) is 1. The van der Waals surface area contributed by atoms with E-state index in [2.05, 4.69) is 9.97 Å². The van der Waals surface area contributed by atoms with Crippen molar-refractivity contribution >= 4 is 0 Å². The van der Waals surface area contributed by atoms with Crippen molar-refractivity contribution in [2.75, 3.05) is 0 Å². The van der Waals surface area contributed by atoms with E-state index < -0.39 is 5.54 Å². The average Bonchev–Trinajstić information content (AvgIpc) is 1.86. The van der Waals surface area contributed by atoms with Crippen molar-refractivity contribution in [3.8, 4) is 0 Å². The Bertz CT molecular complexity index is 250. The van der Waals surface area contributed by atoms with Crippen molar-refractivity contribution in [3.63, 3.8) is 0 Å². The molecule has 60 valence electrons. The van der Waals surface area contributed by atoms with Crippen molar-refractivity contribution in [3.05, 3.63) is 23.8 Å². The summed E-state index contributed by atoms with van der Waals surface area (Å²) in [6.45, 7) is 5.71. The molecular formula is C8H13N3. The molecule has 0 aromatic carbocycles. The summed E-state index contributed by atoms with van der Waals surface area (Å²) in [5.41, 5.74) is 6.31. The van der Waals surface area contributed by atoms with Gasteiger partial charge in [-0.2, -0.15) is 0 Å². The maximum absolute atomic E-state index is 5.80. The van der Waals surface area contributed by atoms with Crippen LogP contribution in [0.3, 0.4) is 0 Å². The van der Waals surface area contributed by atoms with Gasteiger partial charge in [0, 0.05) is 11.9 Å². The lowest BCUT2D eigenvalue weighted by atomic mass is 10.1. The molecule has 0 atom stereocenters. The van der Waals surface area contributed by atoms with Crippen molar-refractivity contribution in [2.45, 2.75) is 26.3 Å². The van der Waals surface area contributed by atoms with E-state index in [0.717, 1.165) is 5.69 Å². The molecule has 0 radical (unpaired) electrons. The van der Waals surface area contributed by atoms with E-state index in [4.69, 9.17) is 5.73 Å². The molecule has 0 saturated carbocycles. The van der Waals surface area contributed by atoms with E-state index in [1.165, 1.54) is 0 Å². The summed E-state index contributed by atoms with van der Waals surface area (Å²) < 4.78 is 0. The predicted octanol–water partition coefficient (Wildman–Crippen LogP) is 0.979. The highest BCUT2D eigenvalue weighted by molar-refractivity contribution is 5.05. The van der Waals surface area contributed by atoms with Crippen LogP contribution in [0.15, 0.2) is 12.3 Å². The van der Waals surface area contributed by atoms with Crippen molar-refractivity contribution < 1.29 is 0 Å². The van der Waals surface area contributed by atoms with Gasteiger partial charge in [-0.05, 0) is 26.8 Å². The Morgan fingerprint density at radius 2 is 2.09 bits per heavy atom. The second-order valence-electron chi connectivity index (χ2n) is 3.24. The Hall–Kier alpha value is -0.960. The topological polar surface area (TPSA) is 51.8 Å². The van der Waals surface area contributed by atoms with E-state index in [-0.39, 0.29) is 0 Å². The first kappa shape index (κ1) is 8.14. The summed E-state index contributed by atoms with van der Waals surface area (Å²) in [5.74, 6) is 0.692. The molecule has 2 N–H and O–H groups in total. The smallest absolute Gasteiger partial charge is 0.147 e. The first-order chi connectivity index (χ1) is 5.00. The minimum absolute atomic E-state index is 0.438. The number of aromatic nitrogens is 2. The van der Waals surface area contributed by atoms with Crippen LogP contribution >= 0.6 is 0 Å². The van der Waals surface area contributed by atoms with Gasteiger partial charge in [-0.25, -0.2) is 9.97 Å². The van der Waals surface area contributed by atoms with Crippen molar-refractivity contribution in [1.29, 1.82) is 0 Å². The Morgan fingerprint density at radius 3 is 2.45 bits per heavy atom. The summed E-state index contributed by atoms with van der Waals surface area (Å²) in [7, 11) is 0. The number of hydrogen-bond acceptors (Lipinski definition) is 3. The van der Waals surface area contributed by atoms with Crippen molar-refractivity contribution in [2.24, 2.45) is 5.73 Å². The zero-order chi connectivity index (χ0) is 8.48. The van der Waals surface area contributed by atoms with Crippen LogP contribution in [-0.4, -0.2) is 9.97 Å². The highest BCUT2D eigenvalue weighted by Crippen LogP contribution is 2.10. The first-order valence-electron chi connectivity index (χ1n) is 3.59. The third-order valence-corrected chi connectivity index (χ3v) is 1.37. The molecule has 0 bridgehead atoms. The van der Waals surface area contributed by atoms with E-state index >= 15 is 0 Å². The van der Waals surface area contributed by atoms with Gasteiger partial charge in [-0.1, -0.05) is 0 Å². The van der Waals surface area contributed by atoms with Crippen LogP contribution in [-0.2, 0) is 5.54 Å². The highest BCUT2D eigenvalue weighted by Gasteiger charge is 2.16. The fourth-order valence-corrected chi connectivity index (χ4v) is 0.759. The summed E-state index contributed by atoms with van der Waals surface area (Å²) in [4.78, 5) is 8.28. The molecule has 0 spiro atoms. The molecule has 1 aromatic rings. The number of aryl methyl sites for hydroxylation is 1. The van der Waals surface area contributed by atoms with Crippen LogP contribution < -0.4 is 5.73 Å². The lowest BCUT2D eigenvalue weighted by molar-refractivity contribution is 0.512. The molecule has 3 heteroatoms. The second kappa shape index (κ2) is 2.58. The third kappa shape index (κ3) is 1.98. The van der Waals surface area contributed by atoms with Crippen molar-refractivity contribution in [1.82, 2.24) is 9.97 Å². The summed E-state index contributed by atoms with van der Waals surface area (Å²) in [5, 5.41) is 0. The van der Waals surface area contributed by atoms with Crippen LogP contribution in [0.2, 0.25) is 0 Å². The monoisotopic (exact) mass is 151 g/mol. The average molecular weight is 151 g/mol. The molecule has 0 aliphatic heterocycles. The molecule has 0 fully saturated rings. The second-order valence-corrected chi connectivity index (χ2v) is 3.24. The largest absolute Gasteiger partial charge is 0.319 e. The Labute approximate surface area is 66.7 Å². The van der Waals surface area contributed by atoms with Gasteiger partial charge in [0.15, 0.2) is 0 Å². The van der Waals surface area contributed by atoms with Gasteiger partial charge in [-0.3, -0.25) is 0 Å². The molecule has 1 heterocycles. The molecule has 1 rings (SSSR count). The van der Waals surface area contributed by atoms with E-state index in [1.54, 1.807) is 6.20 Å². The molecule has 1 aromatic heterocycles. The van der Waals surface area contributed by atoms with Gasteiger partial charge >= 0.3 is 0 Å². The number of nitrogens with two attached hydrogens (primary N) is 1. The molecule has 0 unspecified atom stereocenters. The number of nitrogens with zero attached hydrogens (tertiary/aromatic N) is 2. The van der Waals surface area contributed by atoms with Crippen LogP contribution in [0.25, 0.3) is 0 Å². The Kier molecular flexibility index (Phi) is 1.91. The fourth-order valence-electron chi connectivity index (χ4n) is 0.759. The van der Waals surface area contributed by atoms with Gasteiger partial charge in [0.25, 0.3) is 0 Å². The zero-order valence-electron chi connectivity index (χ0n) is 7.13. The quantitative estimate of drug-likeness (QED) is 0.651. The maximum Gasteiger partial charge on any atom is 0.147 e. The summed E-state index contributed by atoms with van der Waals surface area (Å²) >= 11 is 0. The third-order valence-electron chi connectivity index (χ3n) is 1.37. The highest BCUT2D eigenvalue weighted by atomic mass is 14.9. The summed E-state index contributed by atoms with van der Waals surface area (Å²) in [6.07, 6.45) is 1.73. The molecule has 0 saturated heterocycles. The molecule has 0 aliphatic carbocycles. The number of rotatable bonds is 1. The lowest BCUT2D eigenvalue weighted by Gasteiger charge is -2.16. The van der Waals surface area contributed by atoms with Crippen LogP contribution in [0.1, 0.15) is 25.4 Å². The molecule has 3 nitrogen and oxygen atoms in total. The van der Waals surface area contributed by atoms with Crippen LogP contribution in [0.5, 0.6) is 0 Å². The lowest BCUT2D eigenvalue weighted by Crippen LogP contribution is -2.31. The van der Waals surface area contributed by atoms with Gasteiger partial charge in [0.1, 0.15) is 5.82 Å². The SMILES string of the molecule is Cc1ccnc(C(C)(C)N)n1. The van der Waals surface area contributed by atoms with Gasteiger partial charge in [-0.15, -0.1) is 0 Å². The first-order valence-corrected chi connectivity index (χ1v) is 3.59. The molecule has 0 aliphatic rings. The normalized spacial score (nSPS) is 11.6. The van der Waals surface area contributed by atoms with Crippen LogP contribution in [0.4, 0.5) is 0 Å². The van der Waals surface area contributed by atoms with Gasteiger partial charge in [0.2, 0.25) is 0 Å². The minimum Gasteiger partial charge on any atom is -0.319 e. The van der Waals surface area contributed by atoms with Gasteiger partial charge < -0.3 is 5.73 Å². The minimum atomic E-state index is -0.438. The Balaban J connectivity index is 3.06. The maximum atomic E-state index is 5.80. The predicted molar refractivity (Wildman–Crippen MR) is 44.0 cm³/mol. The molecular weight excluding hydrogens is 138 g/mol. The van der Waals surface area contributed by atoms with E-state index in [0.29, 0.717) is 5.82 Å². The van der Waals surface area contributed by atoms with Gasteiger partial charge in [0.05, 0.1) is 5.54 Å². The van der Waals surface area contributed by atoms with E-state index in [1.807, 2.05) is 26.8 Å². The fraction of sp³-hybridized carbons (Fsp3) is 0.500. The molecule has 0 amide bonds. The van der Waals surface area contributed by atoms with Crippen LogP contribution in [0, 0.1) is 6.92 Å². The zero-order valence-corrected chi connectivity index (χ0v) is 7.13. The molecule has 11 heavy (non-hydrogen) atoms. The van der Waals surface area contributed by atoms with E-state index in [9.17, 15) is 0 Å². The summed E-state index contributed by atoms with van der Waals surface area (Å²) in [6, 6.07) is 1.86. The Morgan fingerprint density at radius 1 is 1.45 bits per heavy atom. The standard InChI is InChI=1S/C8H13N3/c1-6-4-5-10-7(11-6)8(2,3)9/h4-5H,9H2,1-3H3.